The summed E-state index contributed by atoms with van der Waals surface area (Å²) in [7, 11) is 0. The fourth-order valence-electron chi connectivity index (χ4n) is 3.77. The number of para-hydroxylation sites is 2. The van der Waals surface area contributed by atoms with Gasteiger partial charge in [-0.25, -0.2) is 0 Å². The molecule has 0 radical (unpaired) electrons. The summed E-state index contributed by atoms with van der Waals surface area (Å²) in [6.07, 6.45) is 5.24. The summed E-state index contributed by atoms with van der Waals surface area (Å²) in [5, 5.41) is 3.07. The van der Waals surface area contributed by atoms with Crippen LogP contribution < -0.4 is 10.1 Å². The summed E-state index contributed by atoms with van der Waals surface area (Å²) in [5.74, 6) is 1.26. The Bertz CT molecular complexity index is 975. The van der Waals surface area contributed by atoms with E-state index in [0.29, 0.717) is 17.2 Å². The van der Waals surface area contributed by atoms with Gasteiger partial charge in [0.1, 0.15) is 5.75 Å². The molecule has 0 aliphatic carbocycles. The Balaban J connectivity index is 1.46. The molecule has 2 heterocycles. The van der Waals surface area contributed by atoms with Crippen molar-refractivity contribution in [1.29, 1.82) is 0 Å². The number of hydrogen-bond acceptors (Lipinski definition) is 4. The summed E-state index contributed by atoms with van der Waals surface area (Å²) in [4.78, 5) is 19.4. The van der Waals surface area contributed by atoms with E-state index in [1.54, 1.807) is 12.4 Å². The summed E-state index contributed by atoms with van der Waals surface area (Å²) in [6, 6.07) is 19.5. The van der Waals surface area contributed by atoms with Crippen molar-refractivity contribution in [3.63, 3.8) is 0 Å². The molecule has 3 aromatic rings. The number of carbonyl (C=O) groups is 1. The number of rotatable bonds is 6. The maximum atomic E-state index is 13.1. The van der Waals surface area contributed by atoms with Gasteiger partial charge in [0.05, 0.1) is 17.9 Å². The molecule has 1 aliphatic heterocycles. The second-order valence-electron chi connectivity index (χ2n) is 7.39. The average molecular weight is 387 g/mol. The van der Waals surface area contributed by atoms with Crippen LogP contribution in [0.4, 0.5) is 5.69 Å². The quantitative estimate of drug-likeness (QED) is 0.661. The number of anilines is 1. The van der Waals surface area contributed by atoms with E-state index in [4.69, 9.17) is 4.74 Å². The van der Waals surface area contributed by atoms with Crippen molar-refractivity contribution < 1.29 is 9.53 Å². The number of carbonyl (C=O) groups excluding carboxylic acids is 1. The van der Waals surface area contributed by atoms with Crippen molar-refractivity contribution in [2.45, 2.75) is 32.4 Å². The fourth-order valence-corrected chi connectivity index (χ4v) is 3.77. The van der Waals surface area contributed by atoms with Crippen molar-refractivity contribution in [3.05, 3.63) is 84.2 Å². The number of aromatic nitrogens is 1. The highest BCUT2D eigenvalue weighted by Crippen LogP contribution is 2.30. The van der Waals surface area contributed by atoms with Gasteiger partial charge in [-0.3, -0.25) is 14.7 Å². The van der Waals surface area contributed by atoms with E-state index in [2.05, 4.69) is 46.4 Å². The second-order valence-corrected chi connectivity index (χ2v) is 7.39. The third-order valence-electron chi connectivity index (χ3n) is 5.14. The second kappa shape index (κ2) is 8.88. The number of benzene rings is 2. The molecule has 0 spiro atoms. The molecule has 4 rings (SSSR count). The molecule has 1 saturated heterocycles. The molecule has 1 N–H and O–H groups in total. The van der Waals surface area contributed by atoms with Crippen molar-refractivity contribution >= 4 is 11.6 Å². The summed E-state index contributed by atoms with van der Waals surface area (Å²) >= 11 is 0. The van der Waals surface area contributed by atoms with Crippen LogP contribution in [-0.2, 0) is 11.3 Å². The number of nitrogens with one attached hydrogen (secondary N) is 1. The zero-order valence-corrected chi connectivity index (χ0v) is 16.5. The van der Waals surface area contributed by atoms with E-state index in [1.807, 2.05) is 36.4 Å². The number of likely N-dealkylation sites (tertiary alicyclic amines) is 1. The van der Waals surface area contributed by atoms with Crippen LogP contribution in [-0.4, -0.2) is 28.4 Å². The Morgan fingerprint density at radius 3 is 2.90 bits per heavy atom. The highest BCUT2D eigenvalue weighted by atomic mass is 16.5. The van der Waals surface area contributed by atoms with E-state index >= 15 is 0 Å². The number of nitrogens with zero attached hydrogens (tertiary/aromatic N) is 2. The highest BCUT2D eigenvalue weighted by Gasteiger charge is 2.31. The van der Waals surface area contributed by atoms with E-state index in [9.17, 15) is 4.79 Å². The van der Waals surface area contributed by atoms with Gasteiger partial charge in [-0.15, -0.1) is 0 Å². The van der Waals surface area contributed by atoms with Crippen molar-refractivity contribution in [1.82, 2.24) is 9.88 Å². The molecule has 0 unspecified atom stereocenters. The molecule has 1 atom stereocenters. The van der Waals surface area contributed by atoms with Gasteiger partial charge in [-0.1, -0.05) is 42.0 Å². The standard InChI is InChI=1S/C24H25N3O2/c1-18-7-4-8-19(15-18)17-27-14-6-11-22(27)24(28)26-21-10-2-3-12-23(21)29-20-9-5-13-25-16-20/h2-5,7-10,12-13,15-16,22H,6,11,14,17H2,1H3,(H,26,28)/t22-/m1/s1. The number of pyridine rings is 1. The third kappa shape index (κ3) is 4.81. The lowest BCUT2D eigenvalue weighted by atomic mass is 10.1. The normalized spacial score (nSPS) is 16.5. The first-order valence-corrected chi connectivity index (χ1v) is 9.96. The van der Waals surface area contributed by atoms with E-state index in [-0.39, 0.29) is 11.9 Å². The molecule has 1 amide bonds. The van der Waals surface area contributed by atoms with E-state index in [0.717, 1.165) is 25.9 Å². The first-order chi connectivity index (χ1) is 14.2. The smallest absolute Gasteiger partial charge is 0.241 e. The van der Waals surface area contributed by atoms with Crippen LogP contribution in [0.3, 0.4) is 0 Å². The van der Waals surface area contributed by atoms with Crippen LogP contribution in [0, 0.1) is 6.92 Å². The molecule has 1 aromatic heterocycles. The first-order valence-electron chi connectivity index (χ1n) is 9.96. The largest absolute Gasteiger partial charge is 0.454 e. The van der Waals surface area contributed by atoms with Crippen LogP contribution in [0.15, 0.2) is 73.1 Å². The minimum Gasteiger partial charge on any atom is -0.454 e. The minimum atomic E-state index is -0.137. The Morgan fingerprint density at radius 1 is 1.17 bits per heavy atom. The maximum absolute atomic E-state index is 13.1. The molecule has 29 heavy (non-hydrogen) atoms. The molecular formula is C24H25N3O2. The van der Waals surface area contributed by atoms with Gasteiger partial charge in [0.2, 0.25) is 5.91 Å². The molecule has 5 heteroatoms. The van der Waals surface area contributed by atoms with Gasteiger partial charge in [-0.05, 0) is 56.1 Å². The van der Waals surface area contributed by atoms with E-state index in [1.165, 1.54) is 11.1 Å². The summed E-state index contributed by atoms with van der Waals surface area (Å²) in [6.45, 7) is 3.81. The minimum absolute atomic E-state index is 0.0115. The molecular weight excluding hydrogens is 362 g/mol. The highest BCUT2D eigenvalue weighted by molar-refractivity contribution is 5.96. The summed E-state index contributed by atoms with van der Waals surface area (Å²) < 4.78 is 5.92. The SMILES string of the molecule is Cc1cccc(CN2CCC[C@@H]2C(=O)Nc2ccccc2Oc2cccnc2)c1. The lowest BCUT2D eigenvalue weighted by Crippen LogP contribution is -2.39. The van der Waals surface area contributed by atoms with Crippen LogP contribution in [0.1, 0.15) is 24.0 Å². The van der Waals surface area contributed by atoms with Gasteiger partial charge >= 0.3 is 0 Å². The van der Waals surface area contributed by atoms with Crippen LogP contribution >= 0.6 is 0 Å². The number of aryl methyl sites for hydroxylation is 1. The molecule has 1 fully saturated rings. The monoisotopic (exact) mass is 387 g/mol. The fraction of sp³-hybridized carbons (Fsp3) is 0.250. The number of hydrogen-bond donors (Lipinski definition) is 1. The van der Waals surface area contributed by atoms with Gasteiger partial charge in [0, 0.05) is 12.7 Å². The molecule has 5 nitrogen and oxygen atoms in total. The molecule has 148 valence electrons. The number of amides is 1. The van der Waals surface area contributed by atoms with Gasteiger partial charge in [0.25, 0.3) is 0 Å². The third-order valence-corrected chi connectivity index (χ3v) is 5.14. The first kappa shape index (κ1) is 19.2. The van der Waals surface area contributed by atoms with Gasteiger partial charge < -0.3 is 10.1 Å². The zero-order chi connectivity index (χ0) is 20.1. The molecule has 0 saturated carbocycles. The lowest BCUT2D eigenvalue weighted by molar-refractivity contribution is -0.120. The van der Waals surface area contributed by atoms with Gasteiger partial charge in [-0.2, -0.15) is 0 Å². The maximum Gasteiger partial charge on any atom is 0.241 e. The predicted molar refractivity (Wildman–Crippen MR) is 114 cm³/mol. The zero-order valence-electron chi connectivity index (χ0n) is 16.5. The molecule has 0 bridgehead atoms. The molecule has 2 aromatic carbocycles. The summed E-state index contributed by atoms with van der Waals surface area (Å²) in [5.41, 5.74) is 3.15. The Kier molecular flexibility index (Phi) is 5.86. The van der Waals surface area contributed by atoms with Crippen molar-refractivity contribution in [3.8, 4) is 11.5 Å². The van der Waals surface area contributed by atoms with Crippen LogP contribution in [0.25, 0.3) is 0 Å². The topological polar surface area (TPSA) is 54.5 Å². The van der Waals surface area contributed by atoms with Crippen LogP contribution in [0.5, 0.6) is 11.5 Å². The van der Waals surface area contributed by atoms with Crippen molar-refractivity contribution in [2.75, 3.05) is 11.9 Å². The molecule has 1 aliphatic rings. The van der Waals surface area contributed by atoms with E-state index < -0.39 is 0 Å². The number of ether oxygens (including phenoxy) is 1. The predicted octanol–water partition coefficient (Wildman–Crippen LogP) is 4.79. The lowest BCUT2D eigenvalue weighted by Gasteiger charge is -2.24. The van der Waals surface area contributed by atoms with Crippen molar-refractivity contribution in [2.24, 2.45) is 0 Å². The Labute approximate surface area is 171 Å². The van der Waals surface area contributed by atoms with Gasteiger partial charge in [0.15, 0.2) is 5.75 Å². The van der Waals surface area contributed by atoms with Crippen LogP contribution in [0.2, 0.25) is 0 Å². The Morgan fingerprint density at radius 2 is 2.07 bits per heavy atom. The average Bonchev–Trinajstić information content (AvgIpc) is 3.18. The Hall–Kier alpha value is -3.18.